The Bertz CT molecular complexity index is 3170. The molecular weight excluding hydrogens is 677 g/mol. The fourth-order valence-corrected chi connectivity index (χ4v) is 9.30. The molecule has 0 bridgehead atoms. The summed E-state index contributed by atoms with van der Waals surface area (Å²) in [6.45, 7) is 0. The Balaban J connectivity index is 1.18. The summed E-state index contributed by atoms with van der Waals surface area (Å²) in [5.74, 6) is 0.616. The first-order valence-electron chi connectivity index (χ1n) is 18.1. The lowest BCUT2D eigenvalue weighted by atomic mass is 9.93. The molecule has 0 radical (unpaired) electrons. The molecule has 3 aromatic heterocycles. The standard InChI is InChI=1S/C49H30N4S/c1-3-15-32(16-4-1)53(33-17-5-2-6-18-33)34-29-27-31(28-30-34)46-38-22-10-13-25-41(38)51-49(52-46)47-45-43(37-21-9-12-24-40(37)50-47)35-19-7-8-20-36(35)48-44(45)39-23-11-14-26-42(39)54-48/h1-30H. The number of nitrogens with zero attached hydrogens (tertiary/aromatic N) is 4. The second-order valence-electron chi connectivity index (χ2n) is 13.5. The quantitative estimate of drug-likeness (QED) is 0.167. The van der Waals surface area contributed by atoms with Crippen LogP contribution in [0.3, 0.4) is 0 Å². The van der Waals surface area contributed by atoms with E-state index in [-0.39, 0.29) is 0 Å². The second kappa shape index (κ2) is 12.3. The molecule has 0 saturated carbocycles. The Kier molecular flexibility index (Phi) is 7.00. The Labute approximate surface area is 315 Å². The van der Waals surface area contributed by atoms with E-state index >= 15 is 0 Å². The molecule has 11 aromatic rings. The van der Waals surface area contributed by atoms with Crippen LogP contribution < -0.4 is 4.90 Å². The molecule has 0 unspecified atom stereocenters. The number of anilines is 3. The predicted molar refractivity (Wildman–Crippen MR) is 228 cm³/mol. The predicted octanol–water partition coefficient (Wildman–Crippen LogP) is 13.7. The molecular formula is C49H30N4S. The zero-order valence-corrected chi connectivity index (χ0v) is 29.8. The molecule has 0 aliphatic heterocycles. The maximum absolute atomic E-state index is 5.46. The fourth-order valence-electron chi connectivity index (χ4n) is 8.05. The van der Waals surface area contributed by atoms with E-state index in [2.05, 4.69) is 181 Å². The van der Waals surface area contributed by atoms with Gasteiger partial charge in [0, 0.05) is 69.7 Å². The molecule has 0 fully saturated rings. The molecule has 0 aliphatic rings. The molecule has 0 spiro atoms. The summed E-state index contributed by atoms with van der Waals surface area (Å²) in [6.07, 6.45) is 0. The van der Waals surface area contributed by atoms with Crippen LogP contribution in [0.25, 0.3) is 86.3 Å². The molecule has 8 aromatic carbocycles. The smallest absolute Gasteiger partial charge is 0.180 e. The number of aromatic nitrogens is 3. The van der Waals surface area contributed by atoms with E-state index in [9.17, 15) is 0 Å². The van der Waals surface area contributed by atoms with Crippen LogP contribution >= 0.6 is 11.3 Å². The fraction of sp³-hybridized carbons (Fsp3) is 0. The van der Waals surface area contributed by atoms with Crippen molar-refractivity contribution in [2.75, 3.05) is 4.90 Å². The first kappa shape index (κ1) is 30.7. The van der Waals surface area contributed by atoms with Crippen LogP contribution in [0.5, 0.6) is 0 Å². The highest BCUT2D eigenvalue weighted by molar-refractivity contribution is 7.27. The number of thiophene rings is 1. The van der Waals surface area contributed by atoms with Gasteiger partial charge in [-0.1, -0.05) is 127 Å². The molecule has 0 saturated heterocycles. The molecule has 3 heterocycles. The van der Waals surface area contributed by atoms with Gasteiger partial charge in [0.05, 0.1) is 16.7 Å². The third-order valence-corrected chi connectivity index (χ3v) is 11.6. The van der Waals surface area contributed by atoms with E-state index < -0.39 is 0 Å². The van der Waals surface area contributed by atoms with Gasteiger partial charge in [-0.15, -0.1) is 11.3 Å². The molecule has 0 atom stereocenters. The number of pyridine rings is 1. The van der Waals surface area contributed by atoms with Crippen molar-refractivity contribution >= 4 is 91.9 Å². The van der Waals surface area contributed by atoms with E-state index in [1.54, 1.807) is 0 Å². The van der Waals surface area contributed by atoms with Crippen molar-refractivity contribution in [3.8, 4) is 22.8 Å². The van der Waals surface area contributed by atoms with E-state index in [1.807, 2.05) is 17.4 Å². The number of rotatable bonds is 5. The molecule has 0 N–H and O–H groups in total. The second-order valence-corrected chi connectivity index (χ2v) is 14.6. The maximum Gasteiger partial charge on any atom is 0.180 e. The van der Waals surface area contributed by atoms with Crippen molar-refractivity contribution in [2.45, 2.75) is 0 Å². The van der Waals surface area contributed by atoms with Gasteiger partial charge < -0.3 is 4.90 Å². The number of para-hydroxylation sites is 4. The Hall–Kier alpha value is -6.95. The third-order valence-electron chi connectivity index (χ3n) is 10.4. The van der Waals surface area contributed by atoms with Crippen LogP contribution in [-0.2, 0) is 0 Å². The first-order valence-corrected chi connectivity index (χ1v) is 18.9. The first-order chi connectivity index (χ1) is 26.8. The van der Waals surface area contributed by atoms with Gasteiger partial charge in [-0.05, 0) is 60.0 Å². The highest BCUT2D eigenvalue weighted by Crippen LogP contribution is 2.48. The lowest BCUT2D eigenvalue weighted by Crippen LogP contribution is -2.09. The minimum absolute atomic E-state index is 0.616. The molecule has 5 heteroatoms. The average molecular weight is 707 g/mol. The van der Waals surface area contributed by atoms with Crippen molar-refractivity contribution in [1.82, 2.24) is 15.0 Å². The van der Waals surface area contributed by atoms with Gasteiger partial charge in [-0.3, -0.25) is 0 Å². The Morgan fingerprint density at radius 1 is 0.352 bits per heavy atom. The van der Waals surface area contributed by atoms with Crippen LogP contribution in [0, 0.1) is 0 Å². The lowest BCUT2D eigenvalue weighted by molar-refractivity contribution is 1.20. The van der Waals surface area contributed by atoms with Gasteiger partial charge in [0.2, 0.25) is 0 Å². The van der Waals surface area contributed by atoms with Crippen LogP contribution in [0.4, 0.5) is 17.1 Å². The lowest BCUT2D eigenvalue weighted by Gasteiger charge is -2.25. The molecule has 54 heavy (non-hydrogen) atoms. The summed E-state index contributed by atoms with van der Waals surface area (Å²) >= 11 is 1.85. The minimum Gasteiger partial charge on any atom is -0.311 e. The molecule has 4 nitrogen and oxygen atoms in total. The number of benzene rings is 8. The van der Waals surface area contributed by atoms with Crippen LogP contribution in [-0.4, -0.2) is 15.0 Å². The van der Waals surface area contributed by atoms with Crippen LogP contribution in [0.2, 0.25) is 0 Å². The topological polar surface area (TPSA) is 41.9 Å². The number of fused-ring (bicyclic) bond motifs is 11. The molecule has 252 valence electrons. The average Bonchev–Trinajstić information content (AvgIpc) is 3.64. The largest absolute Gasteiger partial charge is 0.311 e. The van der Waals surface area contributed by atoms with Crippen LogP contribution in [0.15, 0.2) is 182 Å². The minimum atomic E-state index is 0.616. The summed E-state index contributed by atoms with van der Waals surface area (Å²) in [5.41, 5.74) is 7.76. The van der Waals surface area contributed by atoms with Crippen molar-refractivity contribution in [3.05, 3.63) is 182 Å². The molecule has 0 aliphatic carbocycles. The van der Waals surface area contributed by atoms with Crippen molar-refractivity contribution in [2.24, 2.45) is 0 Å². The van der Waals surface area contributed by atoms with Gasteiger partial charge >= 0.3 is 0 Å². The normalized spacial score (nSPS) is 11.7. The SMILES string of the molecule is c1ccc(N(c2ccccc2)c2ccc(-c3nc(-c4nc5ccccc5c5c6ccccc6c6sc7ccccc7c6c45)nc4ccccc34)cc2)cc1. The summed E-state index contributed by atoms with van der Waals surface area (Å²) < 4.78 is 2.51. The highest BCUT2D eigenvalue weighted by Gasteiger charge is 2.23. The molecule has 0 amide bonds. The van der Waals surface area contributed by atoms with Gasteiger partial charge in [-0.25, -0.2) is 15.0 Å². The van der Waals surface area contributed by atoms with Crippen molar-refractivity contribution < 1.29 is 0 Å². The highest BCUT2D eigenvalue weighted by atomic mass is 32.1. The van der Waals surface area contributed by atoms with E-state index in [1.165, 1.54) is 36.3 Å². The summed E-state index contributed by atoms with van der Waals surface area (Å²) in [7, 11) is 0. The monoisotopic (exact) mass is 706 g/mol. The van der Waals surface area contributed by atoms with Crippen molar-refractivity contribution in [1.29, 1.82) is 0 Å². The zero-order valence-electron chi connectivity index (χ0n) is 29.0. The summed E-state index contributed by atoms with van der Waals surface area (Å²) in [5, 5.41) is 9.31. The third kappa shape index (κ3) is 4.79. The molecule has 11 rings (SSSR count). The zero-order chi connectivity index (χ0) is 35.6. The number of hydrogen-bond donors (Lipinski definition) is 0. The Morgan fingerprint density at radius 2 is 0.889 bits per heavy atom. The number of hydrogen-bond acceptors (Lipinski definition) is 5. The van der Waals surface area contributed by atoms with Crippen molar-refractivity contribution in [3.63, 3.8) is 0 Å². The van der Waals surface area contributed by atoms with E-state index in [0.29, 0.717) is 5.82 Å². The van der Waals surface area contributed by atoms with Crippen LogP contribution in [0.1, 0.15) is 0 Å². The van der Waals surface area contributed by atoms with Gasteiger partial charge in [0.1, 0.15) is 5.69 Å². The summed E-state index contributed by atoms with van der Waals surface area (Å²) in [4.78, 5) is 18.5. The summed E-state index contributed by atoms with van der Waals surface area (Å²) in [6, 6.07) is 64.0. The maximum atomic E-state index is 5.46. The van der Waals surface area contributed by atoms with Gasteiger partial charge in [0.25, 0.3) is 0 Å². The van der Waals surface area contributed by atoms with E-state index in [4.69, 9.17) is 15.0 Å². The van der Waals surface area contributed by atoms with Gasteiger partial charge in [-0.2, -0.15) is 0 Å². The Morgan fingerprint density at radius 3 is 1.59 bits per heavy atom. The van der Waals surface area contributed by atoms with E-state index in [0.717, 1.165) is 61.2 Å². The van der Waals surface area contributed by atoms with Gasteiger partial charge in [0.15, 0.2) is 5.82 Å².